The molecule has 0 fully saturated rings. The lowest BCUT2D eigenvalue weighted by Gasteiger charge is -1.99. The third kappa shape index (κ3) is 2.69. The molecule has 0 bridgehead atoms. The molecule has 0 aliphatic heterocycles. The van der Waals surface area contributed by atoms with Gasteiger partial charge in [-0.2, -0.15) is 0 Å². The predicted octanol–water partition coefficient (Wildman–Crippen LogP) is 4.69. The van der Waals surface area contributed by atoms with Gasteiger partial charge in [-0.3, -0.25) is 0 Å². The molecule has 2 aromatic carbocycles. The van der Waals surface area contributed by atoms with E-state index in [1.54, 1.807) is 16.5 Å². The van der Waals surface area contributed by atoms with Gasteiger partial charge < -0.3 is 4.42 Å². The van der Waals surface area contributed by atoms with E-state index in [4.69, 9.17) is 16.6 Å². The number of nitrogens with zero attached hydrogens (tertiary/aromatic N) is 1. The first-order valence-corrected chi connectivity index (χ1v) is 7.39. The molecular weight excluding hydrogens is 274 g/mol. The van der Waals surface area contributed by atoms with Crippen molar-refractivity contribution in [2.45, 2.75) is 5.75 Å². The highest BCUT2D eigenvalue weighted by atomic mass is 32.2. The maximum Gasteiger partial charge on any atom is 0.227 e. The Bertz CT molecular complexity index is 670. The first-order valence-electron chi connectivity index (χ1n) is 5.87. The van der Waals surface area contributed by atoms with Crippen LogP contribution in [0.4, 0.5) is 0 Å². The van der Waals surface area contributed by atoms with E-state index < -0.39 is 0 Å². The Hall–Kier alpha value is -1.65. The van der Waals surface area contributed by atoms with Crippen LogP contribution in [0.3, 0.4) is 0 Å². The van der Waals surface area contributed by atoms with E-state index in [1.165, 1.54) is 5.56 Å². The molecule has 0 saturated heterocycles. The van der Waals surface area contributed by atoms with E-state index in [9.17, 15) is 0 Å². The molecule has 0 radical (unpaired) electrons. The SMILES string of the molecule is S=CSCc1ccc(-c2nc3ccccc3o2)cc1. The number of para-hydroxylation sites is 2. The minimum atomic E-state index is 0.662. The molecular formula is C15H11NOS2. The van der Waals surface area contributed by atoms with Gasteiger partial charge in [0.25, 0.3) is 0 Å². The summed E-state index contributed by atoms with van der Waals surface area (Å²) in [6, 6.07) is 16.0. The molecule has 19 heavy (non-hydrogen) atoms. The van der Waals surface area contributed by atoms with Gasteiger partial charge in [-0.1, -0.05) is 36.5 Å². The summed E-state index contributed by atoms with van der Waals surface area (Å²) in [7, 11) is 0. The van der Waals surface area contributed by atoms with Crippen molar-refractivity contribution >= 4 is 39.8 Å². The third-order valence-corrected chi connectivity index (χ3v) is 3.86. The smallest absolute Gasteiger partial charge is 0.227 e. The summed E-state index contributed by atoms with van der Waals surface area (Å²) < 4.78 is 7.43. The summed E-state index contributed by atoms with van der Waals surface area (Å²) in [5.74, 6) is 1.56. The van der Waals surface area contributed by atoms with Gasteiger partial charge in [-0.05, 0) is 29.8 Å². The number of fused-ring (bicyclic) bond motifs is 1. The summed E-state index contributed by atoms with van der Waals surface area (Å²) in [6.45, 7) is 0. The number of benzene rings is 2. The second-order valence-corrected chi connectivity index (χ2v) is 5.48. The average molecular weight is 285 g/mol. The number of hydrogen-bond acceptors (Lipinski definition) is 4. The molecule has 0 N–H and O–H groups in total. The van der Waals surface area contributed by atoms with Gasteiger partial charge in [0.2, 0.25) is 5.89 Å². The van der Waals surface area contributed by atoms with Crippen LogP contribution in [0.1, 0.15) is 5.56 Å². The number of thiocarbonyl (C=S) groups is 1. The fraction of sp³-hybridized carbons (Fsp3) is 0.0667. The first-order chi connectivity index (χ1) is 9.36. The predicted molar refractivity (Wildman–Crippen MR) is 84.4 cm³/mol. The number of hydrogen-bond donors (Lipinski definition) is 0. The molecule has 1 aromatic heterocycles. The fourth-order valence-electron chi connectivity index (χ4n) is 1.87. The minimum absolute atomic E-state index is 0.662. The van der Waals surface area contributed by atoms with Crippen LogP contribution in [-0.2, 0) is 5.75 Å². The van der Waals surface area contributed by atoms with Crippen LogP contribution in [0, 0.1) is 0 Å². The van der Waals surface area contributed by atoms with E-state index in [0.29, 0.717) is 5.89 Å². The first kappa shape index (κ1) is 12.4. The Kier molecular flexibility index (Phi) is 3.62. The molecule has 4 heteroatoms. The second kappa shape index (κ2) is 5.55. The summed E-state index contributed by atoms with van der Waals surface area (Å²) in [5, 5.41) is 0. The number of oxazole rings is 1. The van der Waals surface area contributed by atoms with Crippen LogP contribution in [-0.4, -0.2) is 9.68 Å². The van der Waals surface area contributed by atoms with E-state index in [2.05, 4.69) is 17.1 Å². The molecule has 0 atom stereocenters. The van der Waals surface area contributed by atoms with Crippen LogP contribution < -0.4 is 0 Å². The van der Waals surface area contributed by atoms with Crippen molar-refractivity contribution in [2.75, 3.05) is 0 Å². The quantitative estimate of drug-likeness (QED) is 0.650. The van der Waals surface area contributed by atoms with Crippen LogP contribution >= 0.6 is 24.0 Å². The van der Waals surface area contributed by atoms with Crippen molar-refractivity contribution in [1.29, 1.82) is 0 Å². The van der Waals surface area contributed by atoms with Crippen molar-refractivity contribution in [2.24, 2.45) is 0 Å². The van der Waals surface area contributed by atoms with Gasteiger partial charge in [0.15, 0.2) is 5.58 Å². The van der Waals surface area contributed by atoms with E-state index in [1.807, 2.05) is 36.4 Å². The molecule has 94 valence electrons. The van der Waals surface area contributed by atoms with E-state index in [0.717, 1.165) is 22.4 Å². The van der Waals surface area contributed by atoms with E-state index >= 15 is 0 Å². The van der Waals surface area contributed by atoms with Crippen molar-refractivity contribution < 1.29 is 4.42 Å². The molecule has 2 nitrogen and oxygen atoms in total. The van der Waals surface area contributed by atoms with Crippen molar-refractivity contribution in [3.63, 3.8) is 0 Å². The lowest BCUT2D eigenvalue weighted by Crippen LogP contribution is -1.81. The molecule has 1 heterocycles. The lowest BCUT2D eigenvalue weighted by atomic mass is 10.1. The Morgan fingerprint density at radius 2 is 1.89 bits per heavy atom. The topological polar surface area (TPSA) is 26.0 Å². The molecule has 0 aliphatic rings. The molecule has 0 saturated carbocycles. The Morgan fingerprint density at radius 3 is 2.63 bits per heavy atom. The third-order valence-electron chi connectivity index (χ3n) is 2.81. The molecule has 3 aromatic rings. The van der Waals surface area contributed by atoms with Gasteiger partial charge in [-0.25, -0.2) is 4.98 Å². The zero-order chi connectivity index (χ0) is 13.1. The summed E-state index contributed by atoms with van der Waals surface area (Å²) in [5.41, 5.74) is 3.94. The monoisotopic (exact) mass is 285 g/mol. The zero-order valence-corrected chi connectivity index (χ0v) is 11.7. The maximum absolute atomic E-state index is 5.74. The van der Waals surface area contributed by atoms with Gasteiger partial charge in [0, 0.05) is 16.0 Å². The number of aromatic nitrogens is 1. The highest BCUT2D eigenvalue weighted by Crippen LogP contribution is 2.24. The van der Waals surface area contributed by atoms with Crippen LogP contribution in [0.25, 0.3) is 22.6 Å². The molecule has 0 spiro atoms. The van der Waals surface area contributed by atoms with E-state index in [-0.39, 0.29) is 0 Å². The fourth-order valence-corrected chi connectivity index (χ4v) is 2.53. The highest BCUT2D eigenvalue weighted by molar-refractivity contribution is 8.20. The zero-order valence-electron chi connectivity index (χ0n) is 10.1. The maximum atomic E-state index is 5.74. The molecule has 0 unspecified atom stereocenters. The van der Waals surface area contributed by atoms with Gasteiger partial charge in [-0.15, -0.1) is 11.8 Å². The van der Waals surface area contributed by atoms with Gasteiger partial charge in [0.1, 0.15) is 5.52 Å². The highest BCUT2D eigenvalue weighted by Gasteiger charge is 2.07. The molecule has 0 aliphatic carbocycles. The lowest BCUT2D eigenvalue weighted by molar-refractivity contribution is 0.620. The average Bonchev–Trinajstić information content (AvgIpc) is 2.89. The minimum Gasteiger partial charge on any atom is -0.436 e. The Labute approximate surface area is 120 Å². The molecule has 0 amide bonds. The Balaban J connectivity index is 1.90. The van der Waals surface area contributed by atoms with Crippen LogP contribution in [0.15, 0.2) is 52.9 Å². The molecule has 3 rings (SSSR count). The van der Waals surface area contributed by atoms with Crippen molar-refractivity contribution in [1.82, 2.24) is 4.98 Å². The van der Waals surface area contributed by atoms with Gasteiger partial charge in [0.05, 0.1) is 0 Å². The van der Waals surface area contributed by atoms with Crippen LogP contribution in [0.2, 0.25) is 0 Å². The summed E-state index contributed by atoms with van der Waals surface area (Å²) in [6.07, 6.45) is 0. The number of rotatable bonds is 4. The normalized spacial score (nSPS) is 10.7. The van der Waals surface area contributed by atoms with Gasteiger partial charge >= 0.3 is 0 Å². The second-order valence-electron chi connectivity index (χ2n) is 4.09. The van der Waals surface area contributed by atoms with Crippen molar-refractivity contribution in [3.8, 4) is 11.5 Å². The van der Waals surface area contributed by atoms with Crippen LogP contribution in [0.5, 0.6) is 0 Å². The number of thioether (sulfide) groups is 1. The largest absolute Gasteiger partial charge is 0.436 e. The van der Waals surface area contributed by atoms with Crippen molar-refractivity contribution in [3.05, 3.63) is 54.1 Å². The summed E-state index contributed by atoms with van der Waals surface area (Å²) in [4.78, 5) is 4.48. The Morgan fingerprint density at radius 1 is 1.11 bits per heavy atom. The standard InChI is InChI=1S/C15H11NOS2/c18-10-19-9-11-5-7-12(8-6-11)15-16-13-3-1-2-4-14(13)17-15/h1-8,10H,9H2. The summed E-state index contributed by atoms with van der Waals surface area (Å²) >= 11 is 6.42.